The van der Waals surface area contributed by atoms with Gasteiger partial charge in [-0.25, -0.2) is 0 Å². The van der Waals surface area contributed by atoms with Gasteiger partial charge in [0.1, 0.15) is 0 Å². The Balaban J connectivity index is 3.18. The highest BCUT2D eigenvalue weighted by Gasteiger charge is 2.03. The highest BCUT2D eigenvalue weighted by atomic mass is 32.2. The molecule has 0 aliphatic carbocycles. The zero-order chi connectivity index (χ0) is 9.14. The fraction of sp³-hybridized carbons (Fsp3) is 0.333. The monoisotopic (exact) mass is 185 g/mol. The molecule has 0 aliphatic rings. The molecule has 0 spiro atoms. The molecule has 12 heavy (non-hydrogen) atoms. The van der Waals surface area contributed by atoms with E-state index in [0.717, 1.165) is 16.8 Å². The molecule has 1 nitrogen and oxygen atoms in total. The van der Waals surface area contributed by atoms with Gasteiger partial charge in [-0.2, -0.15) is 3.89 Å². The van der Waals surface area contributed by atoms with Crippen LogP contribution in [-0.2, 0) is 0 Å². The zero-order valence-corrected chi connectivity index (χ0v) is 8.26. The van der Waals surface area contributed by atoms with Gasteiger partial charge >= 0.3 is 0 Å². The van der Waals surface area contributed by atoms with Gasteiger partial charge in [-0.1, -0.05) is 0 Å². The van der Waals surface area contributed by atoms with E-state index in [9.17, 15) is 3.89 Å². The van der Waals surface area contributed by atoms with Crippen molar-refractivity contribution in [2.24, 2.45) is 0 Å². The van der Waals surface area contributed by atoms with Crippen LogP contribution >= 0.6 is 12.1 Å². The normalized spacial score (nSPS) is 10.0. The molecule has 1 rings (SSSR count). The lowest BCUT2D eigenvalue weighted by atomic mass is 10.1. The molecule has 1 aromatic carbocycles. The second-order valence-electron chi connectivity index (χ2n) is 2.76. The van der Waals surface area contributed by atoms with Crippen molar-refractivity contribution in [3.63, 3.8) is 0 Å². The average molecular weight is 185 g/mol. The number of aryl methyl sites for hydroxylation is 2. The molecule has 0 aromatic heterocycles. The summed E-state index contributed by atoms with van der Waals surface area (Å²) in [7, 11) is 1.87. The quantitative estimate of drug-likeness (QED) is 0.758. The topological polar surface area (TPSA) is 12.0 Å². The van der Waals surface area contributed by atoms with Crippen LogP contribution in [-0.4, -0.2) is 7.05 Å². The van der Waals surface area contributed by atoms with Crippen molar-refractivity contribution in [3.05, 3.63) is 23.3 Å². The number of halogens is 1. The van der Waals surface area contributed by atoms with Crippen LogP contribution < -0.4 is 5.32 Å². The predicted octanol–water partition coefficient (Wildman–Crippen LogP) is 3.32. The van der Waals surface area contributed by atoms with Crippen LogP contribution in [0.1, 0.15) is 11.1 Å². The summed E-state index contributed by atoms with van der Waals surface area (Å²) in [6.45, 7) is 3.94. The Morgan fingerprint density at radius 1 is 1.25 bits per heavy atom. The first-order chi connectivity index (χ1) is 5.69. The lowest BCUT2D eigenvalue weighted by molar-refractivity contribution is 0.933. The van der Waals surface area contributed by atoms with Crippen molar-refractivity contribution in [3.8, 4) is 0 Å². The smallest absolute Gasteiger partial charge is 0.0812 e. The Hall–Kier alpha value is -0.700. The minimum atomic E-state index is 0.289. The molecule has 1 N–H and O–H groups in total. The van der Waals surface area contributed by atoms with Gasteiger partial charge in [-0.3, -0.25) is 0 Å². The summed E-state index contributed by atoms with van der Waals surface area (Å²) in [5, 5.41) is 3.08. The van der Waals surface area contributed by atoms with Crippen LogP contribution in [0.2, 0.25) is 0 Å². The highest BCUT2D eigenvalue weighted by molar-refractivity contribution is 7.94. The third kappa shape index (κ3) is 1.72. The minimum absolute atomic E-state index is 0.289. The van der Waals surface area contributed by atoms with E-state index in [1.165, 1.54) is 0 Å². The van der Waals surface area contributed by atoms with E-state index < -0.39 is 0 Å². The predicted molar refractivity (Wildman–Crippen MR) is 52.4 cm³/mol. The maximum atomic E-state index is 12.2. The van der Waals surface area contributed by atoms with Crippen LogP contribution in [0.25, 0.3) is 0 Å². The third-order valence-corrected chi connectivity index (χ3v) is 2.26. The maximum absolute atomic E-state index is 12.2. The van der Waals surface area contributed by atoms with E-state index in [-0.39, 0.29) is 12.1 Å². The second-order valence-corrected chi connectivity index (χ2v) is 3.38. The molecule has 0 saturated carbocycles. The molecule has 0 fully saturated rings. The first kappa shape index (κ1) is 9.39. The first-order valence-electron chi connectivity index (χ1n) is 3.76. The van der Waals surface area contributed by atoms with Crippen molar-refractivity contribution < 1.29 is 3.89 Å². The Bertz CT molecular complexity index is 263. The zero-order valence-electron chi connectivity index (χ0n) is 7.44. The van der Waals surface area contributed by atoms with Crippen LogP contribution in [0, 0.1) is 13.8 Å². The lowest BCUT2D eigenvalue weighted by Crippen LogP contribution is -1.94. The Labute approximate surface area is 76.7 Å². The van der Waals surface area contributed by atoms with Gasteiger partial charge in [-0.15, -0.1) is 0 Å². The molecule has 0 unspecified atom stereocenters. The summed E-state index contributed by atoms with van der Waals surface area (Å²) in [6.07, 6.45) is 0. The number of rotatable bonds is 2. The van der Waals surface area contributed by atoms with E-state index in [4.69, 9.17) is 0 Å². The van der Waals surface area contributed by atoms with Crippen molar-refractivity contribution >= 4 is 17.8 Å². The highest BCUT2D eigenvalue weighted by Crippen LogP contribution is 2.27. The summed E-state index contributed by atoms with van der Waals surface area (Å²) in [6, 6.07) is 3.67. The molecule has 3 heteroatoms. The molecule has 0 aliphatic heterocycles. The maximum Gasteiger partial charge on any atom is 0.0812 e. The molecular weight excluding hydrogens is 173 g/mol. The van der Waals surface area contributed by atoms with Gasteiger partial charge in [0.15, 0.2) is 0 Å². The van der Waals surface area contributed by atoms with Crippen LogP contribution in [0.3, 0.4) is 0 Å². The number of nitrogens with one attached hydrogen (secondary N) is 1. The van der Waals surface area contributed by atoms with Gasteiger partial charge in [0, 0.05) is 17.6 Å². The molecule has 0 bridgehead atoms. The summed E-state index contributed by atoms with van der Waals surface area (Å²) < 4.78 is 12.2. The molecule has 66 valence electrons. The number of hydrogen-bond donors (Lipinski definition) is 1. The minimum Gasteiger partial charge on any atom is -0.388 e. The third-order valence-electron chi connectivity index (χ3n) is 1.85. The molecule has 0 heterocycles. The Morgan fingerprint density at radius 3 is 2.08 bits per heavy atom. The van der Waals surface area contributed by atoms with E-state index in [2.05, 4.69) is 5.32 Å². The molecular formula is C9H12FNS. The van der Waals surface area contributed by atoms with Crippen molar-refractivity contribution in [1.29, 1.82) is 0 Å². The number of benzene rings is 1. The fourth-order valence-corrected chi connectivity index (χ4v) is 1.81. The van der Waals surface area contributed by atoms with E-state index in [0.29, 0.717) is 4.90 Å². The molecule has 0 radical (unpaired) electrons. The summed E-state index contributed by atoms with van der Waals surface area (Å²) in [4.78, 5) is 0.670. The van der Waals surface area contributed by atoms with Crippen LogP contribution in [0.15, 0.2) is 17.0 Å². The van der Waals surface area contributed by atoms with Crippen molar-refractivity contribution in [2.45, 2.75) is 18.7 Å². The summed E-state index contributed by atoms with van der Waals surface area (Å²) in [5.41, 5.74) is 3.25. The number of hydrogen-bond acceptors (Lipinski definition) is 2. The average Bonchev–Trinajstić information content (AvgIpc) is 2.03. The molecule has 0 saturated heterocycles. The van der Waals surface area contributed by atoms with Crippen LogP contribution in [0.5, 0.6) is 0 Å². The molecule has 0 atom stereocenters. The van der Waals surface area contributed by atoms with Crippen molar-refractivity contribution in [2.75, 3.05) is 12.4 Å². The largest absolute Gasteiger partial charge is 0.388 e. The fourth-order valence-electron chi connectivity index (χ4n) is 1.36. The standard InChI is InChI=1S/C9H12FNS/c1-6-4-8(12-10)5-7(2)9(6)11-3/h4-5,11H,1-3H3. The first-order valence-corrected chi connectivity index (χ1v) is 4.48. The van der Waals surface area contributed by atoms with Gasteiger partial charge in [0.25, 0.3) is 0 Å². The van der Waals surface area contributed by atoms with Crippen LogP contribution in [0.4, 0.5) is 9.57 Å². The second kappa shape index (κ2) is 3.81. The van der Waals surface area contributed by atoms with Crippen molar-refractivity contribution in [1.82, 2.24) is 0 Å². The summed E-state index contributed by atoms with van der Waals surface area (Å²) >= 11 is 0.289. The van der Waals surface area contributed by atoms with Gasteiger partial charge < -0.3 is 5.32 Å². The summed E-state index contributed by atoms with van der Waals surface area (Å²) in [5.74, 6) is 0. The molecule has 0 amide bonds. The lowest BCUT2D eigenvalue weighted by Gasteiger charge is -2.09. The van der Waals surface area contributed by atoms with E-state index in [1.807, 2.05) is 33.0 Å². The Morgan fingerprint density at radius 2 is 1.75 bits per heavy atom. The van der Waals surface area contributed by atoms with Gasteiger partial charge in [0.2, 0.25) is 0 Å². The Kier molecular flexibility index (Phi) is 2.98. The van der Waals surface area contributed by atoms with Gasteiger partial charge in [0.05, 0.1) is 12.1 Å². The van der Waals surface area contributed by atoms with E-state index >= 15 is 0 Å². The number of anilines is 1. The SMILES string of the molecule is CNc1c(C)cc(SF)cc1C. The molecule has 1 aromatic rings. The van der Waals surface area contributed by atoms with E-state index in [1.54, 1.807) is 0 Å². The van der Waals surface area contributed by atoms with Gasteiger partial charge in [-0.05, 0) is 37.1 Å².